The Hall–Kier alpha value is -3.62. The van der Waals surface area contributed by atoms with Crippen molar-refractivity contribution in [3.8, 4) is 0 Å². The van der Waals surface area contributed by atoms with Gasteiger partial charge in [-0.25, -0.2) is 4.57 Å². The number of amides is 1. The number of unbranched alkanes of at least 4 members (excludes halogenated alkanes) is 7. The molecule has 0 spiro atoms. The summed E-state index contributed by atoms with van der Waals surface area (Å²) in [6, 6.07) is -0.889. The van der Waals surface area contributed by atoms with Crippen LogP contribution in [0.25, 0.3) is 0 Å². The van der Waals surface area contributed by atoms with Crippen molar-refractivity contribution in [1.82, 2.24) is 5.32 Å². The first-order valence-electron chi connectivity index (χ1n) is 24.2. The molecule has 0 aromatic carbocycles. The number of phosphoric ester groups is 1. The Labute approximate surface area is 391 Å². The van der Waals surface area contributed by atoms with Crippen LogP contribution in [-0.2, 0) is 18.4 Å². The molecule has 0 aliphatic rings. The van der Waals surface area contributed by atoms with Crippen LogP contribution in [0.15, 0.2) is 146 Å². The van der Waals surface area contributed by atoms with Gasteiger partial charge in [-0.15, -0.1) is 0 Å². The Morgan fingerprint density at radius 1 is 0.562 bits per heavy atom. The molecule has 64 heavy (non-hydrogen) atoms. The van der Waals surface area contributed by atoms with Gasteiger partial charge in [0.1, 0.15) is 13.2 Å². The van der Waals surface area contributed by atoms with Gasteiger partial charge in [-0.2, -0.15) is 0 Å². The molecule has 3 unspecified atom stereocenters. The third-order valence-corrected chi connectivity index (χ3v) is 10.6. The van der Waals surface area contributed by atoms with Gasteiger partial charge in [0, 0.05) is 6.42 Å². The van der Waals surface area contributed by atoms with Crippen LogP contribution in [0, 0.1) is 0 Å². The Bertz CT molecular complexity index is 1540. The van der Waals surface area contributed by atoms with E-state index < -0.39 is 20.0 Å². The minimum Gasteiger partial charge on any atom is -0.387 e. The fourth-order valence-electron chi connectivity index (χ4n) is 5.83. The molecule has 0 aliphatic heterocycles. The fourth-order valence-corrected chi connectivity index (χ4v) is 6.57. The summed E-state index contributed by atoms with van der Waals surface area (Å²) >= 11 is 0. The van der Waals surface area contributed by atoms with E-state index in [-0.39, 0.29) is 19.1 Å². The van der Waals surface area contributed by atoms with Crippen LogP contribution in [-0.4, -0.2) is 73.4 Å². The summed E-state index contributed by atoms with van der Waals surface area (Å²) in [5, 5.41) is 13.7. The number of carbonyl (C=O) groups excluding carboxylic acids is 1. The van der Waals surface area contributed by atoms with Crippen molar-refractivity contribution in [1.29, 1.82) is 0 Å². The summed E-state index contributed by atoms with van der Waals surface area (Å²) in [4.78, 5) is 23.1. The predicted octanol–water partition coefficient (Wildman–Crippen LogP) is 14.2. The summed E-state index contributed by atoms with van der Waals surface area (Å²) in [6.45, 7) is 4.37. The van der Waals surface area contributed by atoms with Crippen LogP contribution in [0.4, 0.5) is 0 Å². The van der Waals surface area contributed by atoms with Crippen LogP contribution in [0.5, 0.6) is 0 Å². The smallest absolute Gasteiger partial charge is 0.387 e. The monoisotopic (exact) mass is 906 g/mol. The maximum Gasteiger partial charge on any atom is 0.472 e. The van der Waals surface area contributed by atoms with Gasteiger partial charge in [-0.05, 0) is 110 Å². The standard InChI is InChI=1S/C55H89N2O6P/c1-6-8-10-12-14-16-17-18-19-20-21-22-23-24-25-26-27-28-29-30-31-32-33-34-35-36-37-38-39-41-43-45-47-49-55(59)56-53(52-63-64(60,61)62-51-50-57(3,4)5)54(58)48-46-44-42-40-15-13-11-9-7-2/h7-10,14-16,18-19,21-22,24-25,27-28,30-31,33-34,36-37,40,46,48,53-54,58H,6,11-13,17,20,23,26,29,32,35,38-39,41-45,47,49-52H2,1-5H3,(H-,56,59,60,61)/p+1/b9-7+,10-8-,16-14-,19-18-,22-21-,25-24-,28-27-,31-30-,34-33-,37-36-,40-15+,48-46+. The van der Waals surface area contributed by atoms with E-state index in [1.165, 1.54) is 0 Å². The number of aliphatic hydroxyl groups is 1. The number of hydrogen-bond donors (Lipinski definition) is 3. The van der Waals surface area contributed by atoms with Crippen molar-refractivity contribution in [3.63, 3.8) is 0 Å². The van der Waals surface area contributed by atoms with Crippen molar-refractivity contribution < 1.29 is 32.9 Å². The average Bonchev–Trinajstić information content (AvgIpc) is 3.25. The normalized spacial score (nSPS) is 15.4. The van der Waals surface area contributed by atoms with Gasteiger partial charge in [-0.1, -0.05) is 172 Å². The lowest BCUT2D eigenvalue weighted by Gasteiger charge is -2.25. The molecule has 0 bridgehead atoms. The molecular weight excluding hydrogens is 816 g/mol. The maximum absolute atomic E-state index is 12.9. The minimum absolute atomic E-state index is 0.0401. The van der Waals surface area contributed by atoms with Crippen LogP contribution >= 0.6 is 7.82 Å². The highest BCUT2D eigenvalue weighted by atomic mass is 31.2. The van der Waals surface area contributed by atoms with Crippen LogP contribution < -0.4 is 5.32 Å². The van der Waals surface area contributed by atoms with E-state index in [4.69, 9.17) is 9.05 Å². The molecular formula is C55H90N2O6P+. The number of nitrogens with one attached hydrogen (secondary N) is 1. The molecule has 0 saturated carbocycles. The molecule has 0 fully saturated rings. The molecule has 8 nitrogen and oxygen atoms in total. The Morgan fingerprint density at radius 2 is 0.969 bits per heavy atom. The van der Waals surface area contributed by atoms with Gasteiger partial charge in [0.25, 0.3) is 0 Å². The molecule has 360 valence electrons. The van der Waals surface area contributed by atoms with Crippen molar-refractivity contribution in [3.05, 3.63) is 146 Å². The highest BCUT2D eigenvalue weighted by molar-refractivity contribution is 7.47. The van der Waals surface area contributed by atoms with Crippen LogP contribution in [0.3, 0.4) is 0 Å². The first-order chi connectivity index (χ1) is 31.0. The van der Waals surface area contributed by atoms with Crippen LogP contribution in [0.1, 0.15) is 142 Å². The van der Waals surface area contributed by atoms with E-state index in [1.54, 1.807) is 6.08 Å². The third kappa shape index (κ3) is 46.4. The van der Waals surface area contributed by atoms with Crippen LogP contribution in [0.2, 0.25) is 0 Å². The van der Waals surface area contributed by atoms with Gasteiger partial charge in [0.05, 0.1) is 39.9 Å². The number of rotatable bonds is 41. The minimum atomic E-state index is -4.36. The van der Waals surface area contributed by atoms with E-state index in [0.717, 1.165) is 122 Å². The fraction of sp³-hybridized carbons (Fsp3) is 0.545. The van der Waals surface area contributed by atoms with E-state index in [9.17, 15) is 19.4 Å². The number of phosphoric acid groups is 1. The van der Waals surface area contributed by atoms with Gasteiger partial charge in [0.2, 0.25) is 5.91 Å². The summed E-state index contributed by atoms with van der Waals surface area (Å²) in [5.74, 6) is -0.222. The number of allylic oxidation sites excluding steroid dienone is 23. The van der Waals surface area contributed by atoms with E-state index in [0.29, 0.717) is 17.4 Å². The van der Waals surface area contributed by atoms with Crippen molar-refractivity contribution in [2.45, 2.75) is 154 Å². The van der Waals surface area contributed by atoms with Crippen molar-refractivity contribution >= 4 is 13.7 Å². The second kappa shape index (κ2) is 44.6. The lowest BCUT2D eigenvalue weighted by Crippen LogP contribution is -2.45. The molecule has 3 N–H and O–H groups in total. The zero-order chi connectivity index (χ0) is 47.1. The number of carbonyl (C=O) groups is 1. The lowest BCUT2D eigenvalue weighted by atomic mass is 10.1. The quantitative estimate of drug-likeness (QED) is 0.0244. The Kier molecular flexibility index (Phi) is 42.1. The summed E-state index contributed by atoms with van der Waals surface area (Å²) in [7, 11) is 1.50. The maximum atomic E-state index is 12.9. The lowest BCUT2D eigenvalue weighted by molar-refractivity contribution is -0.870. The summed E-state index contributed by atoms with van der Waals surface area (Å²) < 4.78 is 23.5. The van der Waals surface area contributed by atoms with Gasteiger partial charge >= 0.3 is 7.82 Å². The predicted molar refractivity (Wildman–Crippen MR) is 276 cm³/mol. The zero-order valence-electron chi connectivity index (χ0n) is 40.7. The second-order valence-electron chi connectivity index (χ2n) is 16.7. The highest BCUT2D eigenvalue weighted by Gasteiger charge is 2.27. The SMILES string of the molecule is C/C=C/CC/C=C/CC/C=C/C(O)C(COP(=O)(O)OCC[N+](C)(C)C)NC(=O)CCCCCCC/C=C\C/C=C\C/C=C\C/C=C\C/C=C\C/C=C\C/C=C\C/C=C\C/C=C\CC. The van der Waals surface area contributed by atoms with E-state index in [1.807, 2.05) is 40.2 Å². The first kappa shape index (κ1) is 60.4. The molecule has 1 amide bonds. The van der Waals surface area contributed by atoms with Gasteiger partial charge in [0.15, 0.2) is 0 Å². The average molecular weight is 906 g/mol. The molecule has 0 aromatic rings. The molecule has 3 atom stereocenters. The first-order valence-corrected chi connectivity index (χ1v) is 25.7. The number of likely N-dealkylation sites (N-methyl/N-ethyl adjacent to an activating group) is 1. The van der Waals surface area contributed by atoms with Gasteiger partial charge < -0.3 is 19.8 Å². The Morgan fingerprint density at radius 3 is 1.44 bits per heavy atom. The Balaban J connectivity index is 4.24. The number of quaternary nitrogens is 1. The van der Waals surface area contributed by atoms with E-state index >= 15 is 0 Å². The van der Waals surface area contributed by atoms with E-state index in [2.05, 4.69) is 140 Å². The highest BCUT2D eigenvalue weighted by Crippen LogP contribution is 2.43. The molecule has 0 aromatic heterocycles. The van der Waals surface area contributed by atoms with Crippen molar-refractivity contribution in [2.75, 3.05) is 40.9 Å². The molecule has 9 heteroatoms. The molecule has 0 rings (SSSR count). The molecule has 0 heterocycles. The summed E-state index contributed by atoms with van der Waals surface area (Å²) in [6.07, 6.45) is 69.6. The molecule has 0 radical (unpaired) electrons. The second-order valence-corrected chi connectivity index (χ2v) is 18.2. The largest absolute Gasteiger partial charge is 0.472 e. The number of hydrogen-bond acceptors (Lipinski definition) is 5. The van der Waals surface area contributed by atoms with Crippen molar-refractivity contribution in [2.24, 2.45) is 0 Å². The topological polar surface area (TPSA) is 105 Å². The number of nitrogens with zero attached hydrogens (tertiary/aromatic N) is 1. The number of aliphatic hydroxyl groups excluding tert-OH is 1. The zero-order valence-corrected chi connectivity index (χ0v) is 41.6. The molecule has 0 saturated heterocycles. The molecule has 0 aliphatic carbocycles. The van der Waals surface area contributed by atoms with Gasteiger partial charge in [-0.3, -0.25) is 13.8 Å². The summed E-state index contributed by atoms with van der Waals surface area (Å²) in [5.41, 5.74) is 0. The third-order valence-electron chi connectivity index (χ3n) is 9.62.